The predicted octanol–water partition coefficient (Wildman–Crippen LogP) is 3.79. The molecule has 3 rings (SSSR count). The molecule has 1 atom stereocenters. The van der Waals surface area contributed by atoms with E-state index in [-0.39, 0.29) is 4.58 Å². The first kappa shape index (κ1) is 16.6. The number of nitrogens with zero attached hydrogens (tertiary/aromatic N) is 1. The van der Waals surface area contributed by atoms with Crippen molar-refractivity contribution in [2.45, 2.75) is 24.0 Å². The topological polar surface area (TPSA) is 32.7 Å². The standard InChI is InChI=1S/C16H21NO2S3/c1-11-4-6-13(7-5-11)16(18,15-21-9-20-10-22-15)14-8-17(3)19-12(14)2/h4-7,15,18H,8-10H2,1-3H3. The Kier molecular flexibility index (Phi) is 5.04. The van der Waals surface area contributed by atoms with Crippen molar-refractivity contribution < 1.29 is 9.94 Å². The molecule has 0 aromatic heterocycles. The first-order valence-electron chi connectivity index (χ1n) is 7.21. The summed E-state index contributed by atoms with van der Waals surface area (Å²) in [5.74, 6) is 0.824. The molecule has 1 aromatic rings. The molecule has 1 N–H and O–H groups in total. The van der Waals surface area contributed by atoms with Crippen molar-refractivity contribution in [2.24, 2.45) is 0 Å². The number of allylic oxidation sites excluding steroid dienone is 1. The van der Waals surface area contributed by atoms with E-state index in [2.05, 4.69) is 31.2 Å². The molecule has 22 heavy (non-hydrogen) atoms. The second-order valence-corrected chi connectivity index (χ2v) is 9.85. The molecule has 1 fully saturated rings. The second kappa shape index (κ2) is 6.69. The number of hydrogen-bond donors (Lipinski definition) is 1. The number of benzene rings is 1. The van der Waals surface area contributed by atoms with Crippen molar-refractivity contribution in [3.8, 4) is 0 Å². The first-order valence-corrected chi connectivity index (χ1v) is 10.5. The van der Waals surface area contributed by atoms with Gasteiger partial charge in [0.1, 0.15) is 11.4 Å². The average Bonchev–Trinajstić information content (AvgIpc) is 2.87. The van der Waals surface area contributed by atoms with E-state index >= 15 is 0 Å². The van der Waals surface area contributed by atoms with Crippen molar-refractivity contribution in [1.29, 1.82) is 0 Å². The first-order chi connectivity index (χ1) is 10.5. The number of rotatable bonds is 3. The molecule has 120 valence electrons. The van der Waals surface area contributed by atoms with Gasteiger partial charge >= 0.3 is 0 Å². The number of likely N-dealkylation sites (N-methyl/N-ethyl adjacent to an activating group) is 1. The van der Waals surface area contributed by atoms with Crippen LogP contribution >= 0.6 is 35.3 Å². The lowest BCUT2D eigenvalue weighted by Crippen LogP contribution is -2.40. The Morgan fingerprint density at radius 3 is 2.36 bits per heavy atom. The minimum atomic E-state index is -0.987. The van der Waals surface area contributed by atoms with Gasteiger partial charge in [-0.15, -0.1) is 40.3 Å². The Morgan fingerprint density at radius 1 is 1.18 bits per heavy atom. The number of hydroxylamine groups is 2. The van der Waals surface area contributed by atoms with E-state index in [0.29, 0.717) is 6.54 Å². The molecule has 0 aliphatic carbocycles. The van der Waals surface area contributed by atoms with Crippen LogP contribution in [-0.4, -0.2) is 38.5 Å². The molecule has 3 nitrogen and oxygen atoms in total. The van der Waals surface area contributed by atoms with Crippen molar-refractivity contribution in [2.75, 3.05) is 23.8 Å². The average molecular weight is 356 g/mol. The van der Waals surface area contributed by atoms with Gasteiger partial charge < -0.3 is 9.94 Å². The van der Waals surface area contributed by atoms with Gasteiger partial charge in [0.05, 0.1) is 11.1 Å². The summed E-state index contributed by atoms with van der Waals surface area (Å²) in [5, 5.41) is 15.6. The van der Waals surface area contributed by atoms with Crippen LogP contribution in [0.4, 0.5) is 0 Å². The molecule has 1 saturated heterocycles. The fourth-order valence-corrected chi connectivity index (χ4v) is 7.91. The maximum Gasteiger partial charge on any atom is 0.137 e. The number of hydrogen-bond acceptors (Lipinski definition) is 6. The van der Waals surface area contributed by atoms with Gasteiger partial charge in [0, 0.05) is 22.8 Å². The molecule has 0 amide bonds. The van der Waals surface area contributed by atoms with Crippen LogP contribution in [-0.2, 0) is 10.4 Å². The van der Waals surface area contributed by atoms with E-state index in [9.17, 15) is 5.11 Å². The smallest absolute Gasteiger partial charge is 0.137 e. The highest BCUT2D eigenvalue weighted by Crippen LogP contribution is 2.50. The monoisotopic (exact) mass is 355 g/mol. The Morgan fingerprint density at radius 2 is 1.82 bits per heavy atom. The summed E-state index contributed by atoms with van der Waals surface area (Å²) < 4.78 is 0.0940. The maximum atomic E-state index is 11.8. The molecular formula is C16H21NO2S3. The summed E-state index contributed by atoms with van der Waals surface area (Å²) in [5.41, 5.74) is 2.16. The summed E-state index contributed by atoms with van der Waals surface area (Å²) in [7, 11) is 1.91. The molecule has 1 aromatic carbocycles. The van der Waals surface area contributed by atoms with Gasteiger partial charge in [-0.2, -0.15) is 0 Å². The minimum absolute atomic E-state index is 0.0940. The van der Waals surface area contributed by atoms with E-state index in [0.717, 1.165) is 27.1 Å². The van der Waals surface area contributed by atoms with Crippen molar-refractivity contribution in [1.82, 2.24) is 5.06 Å². The SMILES string of the molecule is CC1=C(C(O)(c2ccc(C)cc2)C2SCSCS2)CN(C)O1. The molecule has 6 heteroatoms. The van der Waals surface area contributed by atoms with Crippen LogP contribution in [0.3, 0.4) is 0 Å². The number of aryl methyl sites for hydroxylation is 1. The van der Waals surface area contributed by atoms with E-state index in [1.807, 2.05) is 49.3 Å². The Bertz CT molecular complexity index is 569. The van der Waals surface area contributed by atoms with Crippen molar-refractivity contribution in [3.05, 3.63) is 46.7 Å². The maximum absolute atomic E-state index is 11.8. The van der Waals surface area contributed by atoms with E-state index in [4.69, 9.17) is 4.84 Å². The molecular weight excluding hydrogens is 334 g/mol. The zero-order chi connectivity index (χ0) is 15.7. The third-order valence-electron chi connectivity index (χ3n) is 4.00. The summed E-state index contributed by atoms with van der Waals surface area (Å²) in [6.45, 7) is 4.66. The highest BCUT2D eigenvalue weighted by atomic mass is 32.3. The fraction of sp³-hybridized carbons (Fsp3) is 0.500. The van der Waals surface area contributed by atoms with Crippen LogP contribution in [0, 0.1) is 6.92 Å². The zero-order valence-electron chi connectivity index (χ0n) is 13.0. The van der Waals surface area contributed by atoms with Crippen LogP contribution in [0.15, 0.2) is 35.6 Å². The highest BCUT2D eigenvalue weighted by Gasteiger charge is 2.47. The van der Waals surface area contributed by atoms with Gasteiger partial charge in [0.15, 0.2) is 0 Å². The molecule has 0 spiro atoms. The van der Waals surface area contributed by atoms with Gasteiger partial charge in [0.2, 0.25) is 0 Å². The van der Waals surface area contributed by atoms with Crippen LogP contribution in [0.1, 0.15) is 18.1 Å². The van der Waals surface area contributed by atoms with Gasteiger partial charge in [-0.1, -0.05) is 29.8 Å². The van der Waals surface area contributed by atoms with Crippen LogP contribution in [0.2, 0.25) is 0 Å². The normalized spacial score (nSPS) is 23.5. The summed E-state index contributed by atoms with van der Waals surface area (Å²) in [6, 6.07) is 8.25. The van der Waals surface area contributed by atoms with Crippen molar-refractivity contribution >= 4 is 35.3 Å². The quantitative estimate of drug-likeness (QED) is 0.888. The van der Waals surface area contributed by atoms with E-state index in [1.165, 1.54) is 5.56 Å². The lowest BCUT2D eigenvalue weighted by molar-refractivity contribution is -0.0663. The molecule has 0 bridgehead atoms. The lowest BCUT2D eigenvalue weighted by Gasteiger charge is -2.38. The molecule has 2 heterocycles. The van der Waals surface area contributed by atoms with Gasteiger partial charge in [-0.05, 0) is 19.4 Å². The fourth-order valence-electron chi connectivity index (χ4n) is 2.85. The summed E-state index contributed by atoms with van der Waals surface area (Å²) in [6.07, 6.45) is 0. The molecule has 0 radical (unpaired) electrons. The van der Waals surface area contributed by atoms with E-state index < -0.39 is 5.60 Å². The largest absolute Gasteiger partial charge is 0.411 e. The Labute approximate surface area is 144 Å². The third-order valence-corrected chi connectivity index (χ3v) is 8.52. The van der Waals surface area contributed by atoms with Gasteiger partial charge in [-0.3, -0.25) is 0 Å². The lowest BCUT2D eigenvalue weighted by atomic mass is 9.86. The Hall–Kier alpha value is -0.270. The molecule has 2 aliphatic rings. The third kappa shape index (κ3) is 3.04. The molecule has 2 aliphatic heterocycles. The summed E-state index contributed by atoms with van der Waals surface area (Å²) >= 11 is 5.57. The molecule has 0 saturated carbocycles. The number of thioether (sulfide) groups is 3. The van der Waals surface area contributed by atoms with Crippen LogP contribution in [0.5, 0.6) is 0 Å². The second-order valence-electron chi connectivity index (χ2n) is 5.65. The van der Waals surface area contributed by atoms with Gasteiger partial charge in [-0.25, -0.2) is 0 Å². The Balaban J connectivity index is 2.05. The van der Waals surface area contributed by atoms with Crippen LogP contribution < -0.4 is 0 Å². The van der Waals surface area contributed by atoms with Crippen molar-refractivity contribution in [3.63, 3.8) is 0 Å². The van der Waals surface area contributed by atoms with Gasteiger partial charge in [0.25, 0.3) is 0 Å². The highest BCUT2D eigenvalue weighted by molar-refractivity contribution is 8.32. The van der Waals surface area contributed by atoms with E-state index in [1.54, 1.807) is 5.06 Å². The number of aliphatic hydroxyl groups is 1. The van der Waals surface area contributed by atoms with Crippen LogP contribution in [0.25, 0.3) is 0 Å². The summed E-state index contributed by atoms with van der Waals surface area (Å²) in [4.78, 5) is 5.69. The predicted molar refractivity (Wildman–Crippen MR) is 97.8 cm³/mol. The molecule has 1 unspecified atom stereocenters. The minimum Gasteiger partial charge on any atom is -0.411 e. The zero-order valence-corrected chi connectivity index (χ0v) is 15.5.